The molecule has 2 rings (SSSR count). The quantitative estimate of drug-likeness (QED) is 0.408. The van der Waals surface area contributed by atoms with Crippen LogP contribution in [0.1, 0.15) is 16.1 Å². The Bertz CT molecular complexity index is 526. The van der Waals surface area contributed by atoms with Crippen LogP contribution in [0.5, 0.6) is 0 Å². The van der Waals surface area contributed by atoms with Gasteiger partial charge in [-0.3, -0.25) is 4.79 Å². The zero-order valence-corrected chi connectivity index (χ0v) is 8.24. The van der Waals surface area contributed by atoms with E-state index >= 15 is 0 Å². The average molecular weight is 216 g/mol. The van der Waals surface area contributed by atoms with Gasteiger partial charge in [-0.15, -0.1) is 0 Å². The van der Waals surface area contributed by atoms with Crippen LogP contribution in [0, 0.1) is 10.4 Å². The molecule has 1 aromatic heterocycles. The lowest BCUT2D eigenvalue weighted by molar-refractivity contribution is -0.666. The molecule has 0 saturated carbocycles. The number of carbonyl (C=O) groups excluding carboxylic acids is 1. The second-order valence-corrected chi connectivity index (χ2v) is 3.19. The van der Waals surface area contributed by atoms with Crippen LogP contribution in [0.2, 0.25) is 0 Å². The predicted octanol–water partition coefficient (Wildman–Crippen LogP) is 0.184. The Morgan fingerprint density at radius 2 is 1.75 bits per heavy atom. The van der Waals surface area contributed by atoms with E-state index < -0.39 is 5.78 Å². The van der Waals surface area contributed by atoms with Crippen LogP contribution < -0.4 is 9.46 Å². The number of carbonyl (C=O) groups is 1. The van der Waals surface area contributed by atoms with E-state index in [-0.39, 0.29) is 5.69 Å². The van der Waals surface area contributed by atoms with E-state index in [1.54, 1.807) is 30.3 Å². The molecule has 0 aliphatic rings. The number of hydrogen-bond donors (Lipinski definition) is 0. The van der Waals surface area contributed by atoms with Gasteiger partial charge >= 0.3 is 5.69 Å². The summed E-state index contributed by atoms with van der Waals surface area (Å²) in [7, 11) is 0. The van der Waals surface area contributed by atoms with Crippen LogP contribution in [0.15, 0.2) is 48.9 Å². The first-order valence-corrected chi connectivity index (χ1v) is 4.60. The van der Waals surface area contributed by atoms with Gasteiger partial charge in [-0.2, -0.15) is 9.46 Å². The Balaban J connectivity index is 2.46. The van der Waals surface area contributed by atoms with Gasteiger partial charge in [0, 0.05) is 5.56 Å². The van der Waals surface area contributed by atoms with Crippen LogP contribution in [0.3, 0.4) is 0 Å². The molecule has 5 heteroatoms. The maximum Gasteiger partial charge on any atom is 0.330 e. The fraction of sp³-hybridized carbons (Fsp3) is 0. The van der Waals surface area contributed by atoms with Crippen LogP contribution >= 0.6 is 0 Å². The molecule has 0 saturated heterocycles. The lowest BCUT2D eigenvalue weighted by Crippen LogP contribution is -2.41. The molecular weight excluding hydrogens is 208 g/mol. The molecule has 0 fully saturated rings. The molecule has 0 bridgehead atoms. The molecule has 0 aliphatic heterocycles. The van der Waals surface area contributed by atoms with Crippen molar-refractivity contribution in [1.82, 2.24) is 0 Å². The summed E-state index contributed by atoms with van der Waals surface area (Å²) in [4.78, 5) is 11.8. The Morgan fingerprint density at radius 3 is 2.44 bits per heavy atom. The topological polar surface area (TPSA) is 71.0 Å². The summed E-state index contributed by atoms with van der Waals surface area (Å²) in [5.74, 6) is -0.471. The summed E-state index contributed by atoms with van der Waals surface area (Å²) in [6.45, 7) is 0. The number of hydrogen-bond acceptors (Lipinski definition) is 3. The number of rotatable bonds is 2. The molecule has 0 N–H and O–H groups in total. The highest BCUT2D eigenvalue weighted by atomic mass is 16.5. The number of benzene rings is 1. The van der Waals surface area contributed by atoms with Gasteiger partial charge in [0.25, 0.3) is 12.0 Å². The molecule has 5 nitrogen and oxygen atoms in total. The van der Waals surface area contributed by atoms with E-state index in [0.29, 0.717) is 15.0 Å². The zero-order chi connectivity index (χ0) is 11.5. The minimum atomic E-state index is -0.471. The number of nitrogens with zero attached hydrogens (tertiary/aromatic N) is 2. The van der Waals surface area contributed by atoms with Gasteiger partial charge in [-0.05, 0) is 0 Å². The van der Waals surface area contributed by atoms with Crippen LogP contribution in [0.4, 0.5) is 0 Å². The smallest absolute Gasteiger partial charge is 0.330 e. The Kier molecular flexibility index (Phi) is 2.51. The molecule has 1 heterocycles. The third-order valence-electron chi connectivity index (χ3n) is 2.10. The Hall–Kier alpha value is -2.43. The van der Waals surface area contributed by atoms with Crippen LogP contribution in [-0.4, -0.2) is 5.78 Å². The van der Waals surface area contributed by atoms with Gasteiger partial charge in [0.1, 0.15) is 0 Å². The predicted molar refractivity (Wildman–Crippen MR) is 54.2 cm³/mol. The second kappa shape index (κ2) is 3.98. The van der Waals surface area contributed by atoms with E-state index in [0.717, 1.165) is 18.6 Å². The minimum absolute atomic E-state index is 0.191. The van der Waals surface area contributed by atoms with Gasteiger partial charge in [-0.1, -0.05) is 30.3 Å². The second-order valence-electron chi connectivity index (χ2n) is 3.19. The summed E-state index contributed by atoms with van der Waals surface area (Å²) >= 11 is 0. The summed E-state index contributed by atoms with van der Waals surface area (Å²) in [6, 6.07) is 8.32. The molecule has 0 radical (unpaired) electrons. The average Bonchev–Trinajstić information content (AvgIpc) is 2.32. The standard InChI is InChI=1S/C11H8N2O3/c14-11(9-4-2-1-3-5-9)10-8-12(15)6-7-13(10)16/h1-8H. The van der Waals surface area contributed by atoms with Crippen molar-refractivity contribution in [2.75, 3.05) is 0 Å². The van der Waals surface area contributed by atoms with Crippen molar-refractivity contribution in [2.45, 2.75) is 0 Å². The monoisotopic (exact) mass is 216 g/mol. The first-order valence-electron chi connectivity index (χ1n) is 4.60. The van der Waals surface area contributed by atoms with Crippen molar-refractivity contribution < 1.29 is 14.3 Å². The third-order valence-corrected chi connectivity index (χ3v) is 2.10. The van der Waals surface area contributed by atoms with Gasteiger partial charge in [0.15, 0.2) is 0 Å². The van der Waals surface area contributed by atoms with Crippen molar-refractivity contribution in [3.8, 4) is 0 Å². The summed E-state index contributed by atoms with van der Waals surface area (Å²) in [6.07, 6.45) is 3.00. The normalized spacial score (nSPS) is 10.0. The van der Waals surface area contributed by atoms with Gasteiger partial charge in [0.05, 0.1) is 0 Å². The van der Waals surface area contributed by atoms with E-state index in [1.807, 2.05) is 0 Å². The van der Waals surface area contributed by atoms with Crippen molar-refractivity contribution in [1.29, 1.82) is 0 Å². The Morgan fingerprint density at radius 1 is 1.06 bits per heavy atom. The van der Waals surface area contributed by atoms with E-state index in [9.17, 15) is 15.2 Å². The van der Waals surface area contributed by atoms with Crippen LogP contribution in [-0.2, 0) is 0 Å². The fourth-order valence-corrected chi connectivity index (χ4v) is 1.32. The molecule has 80 valence electrons. The Labute approximate surface area is 91.4 Å². The van der Waals surface area contributed by atoms with E-state index in [2.05, 4.69) is 0 Å². The molecule has 0 unspecified atom stereocenters. The maximum absolute atomic E-state index is 11.8. The van der Waals surface area contributed by atoms with Gasteiger partial charge in [-0.25, -0.2) is 0 Å². The molecule has 0 amide bonds. The van der Waals surface area contributed by atoms with Crippen molar-refractivity contribution in [2.24, 2.45) is 0 Å². The SMILES string of the molecule is O=C(c1ccccc1)c1c[n+]([O-])cc[n+]1[O-]. The lowest BCUT2D eigenvalue weighted by atomic mass is 10.1. The van der Waals surface area contributed by atoms with Crippen molar-refractivity contribution in [3.63, 3.8) is 0 Å². The summed E-state index contributed by atoms with van der Waals surface area (Å²) < 4.78 is 0.800. The van der Waals surface area contributed by atoms with Crippen molar-refractivity contribution >= 4 is 5.78 Å². The van der Waals surface area contributed by atoms with Gasteiger partial charge in [0.2, 0.25) is 12.4 Å². The lowest BCUT2D eigenvalue weighted by Gasteiger charge is -2.02. The molecule has 2 aromatic rings. The largest absolute Gasteiger partial charge is 0.618 e. The summed E-state index contributed by atoms with van der Waals surface area (Å²) in [5, 5.41) is 22.3. The number of aromatic nitrogens is 2. The minimum Gasteiger partial charge on any atom is -0.618 e. The molecule has 0 aliphatic carbocycles. The third kappa shape index (κ3) is 1.83. The first kappa shape index (κ1) is 10.1. The van der Waals surface area contributed by atoms with E-state index in [1.165, 1.54) is 0 Å². The molecule has 1 aromatic carbocycles. The van der Waals surface area contributed by atoms with Crippen LogP contribution in [0.25, 0.3) is 0 Å². The summed E-state index contributed by atoms with van der Waals surface area (Å²) in [5.41, 5.74) is 0.182. The number of ketones is 1. The molecule has 0 atom stereocenters. The highest BCUT2D eigenvalue weighted by Crippen LogP contribution is 2.04. The molecule has 16 heavy (non-hydrogen) atoms. The van der Waals surface area contributed by atoms with Gasteiger partial charge < -0.3 is 10.4 Å². The molecule has 0 spiro atoms. The fourth-order valence-electron chi connectivity index (χ4n) is 1.32. The van der Waals surface area contributed by atoms with E-state index in [4.69, 9.17) is 0 Å². The zero-order valence-electron chi connectivity index (χ0n) is 8.24. The highest BCUT2D eigenvalue weighted by molar-refractivity contribution is 6.06. The van der Waals surface area contributed by atoms with Crippen molar-refractivity contribution in [3.05, 3.63) is 70.6 Å². The highest BCUT2D eigenvalue weighted by Gasteiger charge is 2.21. The molecular formula is C11H8N2O3. The first-order chi connectivity index (χ1) is 7.68. The maximum atomic E-state index is 11.8.